The van der Waals surface area contributed by atoms with Crippen molar-refractivity contribution in [3.8, 4) is 0 Å². The molecule has 0 unspecified atom stereocenters. The van der Waals surface area contributed by atoms with Crippen molar-refractivity contribution in [1.82, 2.24) is 9.62 Å². The lowest BCUT2D eigenvalue weighted by Gasteiger charge is -2.19. The van der Waals surface area contributed by atoms with Crippen LogP contribution in [0.2, 0.25) is 10.0 Å². The molecule has 0 saturated heterocycles. The fraction of sp³-hybridized carbons (Fsp3) is 0.316. The molecule has 0 radical (unpaired) electrons. The van der Waals surface area contributed by atoms with Crippen molar-refractivity contribution >= 4 is 50.9 Å². The molecule has 5 nitrogen and oxygen atoms in total. The Morgan fingerprint density at radius 2 is 1.86 bits per heavy atom. The van der Waals surface area contributed by atoms with Gasteiger partial charge in [0.25, 0.3) is 0 Å². The Hall–Kier alpha value is -1.25. The molecule has 0 bridgehead atoms. The number of thioether (sulfide) groups is 1. The van der Waals surface area contributed by atoms with Crippen LogP contribution in [0.25, 0.3) is 0 Å². The summed E-state index contributed by atoms with van der Waals surface area (Å²) in [5.74, 6) is 1.06. The molecule has 0 atom stereocenters. The fourth-order valence-electron chi connectivity index (χ4n) is 2.38. The van der Waals surface area contributed by atoms with Crippen LogP contribution in [-0.2, 0) is 27.1 Å². The first-order valence-corrected chi connectivity index (χ1v) is 12.3. The van der Waals surface area contributed by atoms with Crippen molar-refractivity contribution in [2.75, 3.05) is 25.1 Å². The van der Waals surface area contributed by atoms with Crippen molar-refractivity contribution in [1.29, 1.82) is 0 Å². The summed E-state index contributed by atoms with van der Waals surface area (Å²) in [5, 5.41) is 3.97. The van der Waals surface area contributed by atoms with E-state index in [2.05, 4.69) is 5.32 Å². The number of hydrogen-bond donors (Lipinski definition) is 1. The topological polar surface area (TPSA) is 66.5 Å². The van der Waals surface area contributed by atoms with Crippen LogP contribution in [0.5, 0.6) is 0 Å². The molecule has 1 amide bonds. The summed E-state index contributed by atoms with van der Waals surface area (Å²) < 4.78 is 25.1. The third kappa shape index (κ3) is 8.01. The van der Waals surface area contributed by atoms with E-state index in [-0.39, 0.29) is 19.0 Å². The van der Waals surface area contributed by atoms with E-state index in [1.165, 1.54) is 0 Å². The van der Waals surface area contributed by atoms with Gasteiger partial charge in [0.1, 0.15) is 0 Å². The number of carbonyl (C=O) groups is 1. The number of benzene rings is 2. The van der Waals surface area contributed by atoms with E-state index in [4.69, 9.17) is 23.2 Å². The number of nitrogens with zero attached hydrogens (tertiary/aromatic N) is 1. The summed E-state index contributed by atoms with van der Waals surface area (Å²) in [7, 11) is -3.50. The molecule has 0 aliphatic rings. The first-order chi connectivity index (χ1) is 13.3. The van der Waals surface area contributed by atoms with Gasteiger partial charge in [-0.2, -0.15) is 16.1 Å². The van der Waals surface area contributed by atoms with Gasteiger partial charge in [-0.05, 0) is 23.3 Å². The highest BCUT2D eigenvalue weighted by Crippen LogP contribution is 2.24. The van der Waals surface area contributed by atoms with Crippen molar-refractivity contribution in [3.63, 3.8) is 0 Å². The van der Waals surface area contributed by atoms with E-state index in [1.807, 2.05) is 36.4 Å². The van der Waals surface area contributed by atoms with E-state index in [9.17, 15) is 13.2 Å². The SMILES string of the molecule is CS(=O)(=O)N(CC(=O)NCCSCc1ccc(Cl)cc1Cl)Cc1ccccc1. The van der Waals surface area contributed by atoms with Crippen LogP contribution in [0.4, 0.5) is 0 Å². The number of hydrogen-bond acceptors (Lipinski definition) is 4. The van der Waals surface area contributed by atoms with Crippen LogP contribution >= 0.6 is 35.0 Å². The lowest BCUT2D eigenvalue weighted by molar-refractivity contribution is -0.121. The highest BCUT2D eigenvalue weighted by atomic mass is 35.5. The quantitative estimate of drug-likeness (QED) is 0.547. The zero-order valence-corrected chi connectivity index (χ0v) is 18.5. The summed E-state index contributed by atoms with van der Waals surface area (Å²) in [6.07, 6.45) is 1.11. The summed E-state index contributed by atoms with van der Waals surface area (Å²) >= 11 is 13.6. The van der Waals surface area contributed by atoms with E-state index in [0.717, 1.165) is 21.7 Å². The molecule has 2 aromatic carbocycles. The molecular formula is C19H22Cl2N2O3S2. The number of sulfonamides is 1. The van der Waals surface area contributed by atoms with Crippen LogP contribution in [0.15, 0.2) is 48.5 Å². The molecule has 2 aromatic rings. The molecule has 0 saturated carbocycles. The van der Waals surface area contributed by atoms with Gasteiger partial charge in [0.15, 0.2) is 0 Å². The van der Waals surface area contributed by atoms with Crippen molar-refractivity contribution in [2.24, 2.45) is 0 Å². The largest absolute Gasteiger partial charge is 0.354 e. The van der Waals surface area contributed by atoms with Gasteiger partial charge in [0.2, 0.25) is 15.9 Å². The minimum Gasteiger partial charge on any atom is -0.354 e. The standard InChI is InChI=1S/C19H22Cl2N2O3S2/c1-28(25,26)23(12-15-5-3-2-4-6-15)13-19(24)22-9-10-27-14-16-7-8-17(20)11-18(16)21/h2-8,11H,9-10,12-14H2,1H3,(H,22,24). The number of amides is 1. The maximum Gasteiger partial charge on any atom is 0.235 e. The smallest absolute Gasteiger partial charge is 0.235 e. The molecule has 1 N–H and O–H groups in total. The number of halogens is 2. The molecule has 28 heavy (non-hydrogen) atoms. The Balaban J connectivity index is 1.76. The number of carbonyl (C=O) groups excluding carboxylic acids is 1. The van der Waals surface area contributed by atoms with Gasteiger partial charge < -0.3 is 5.32 Å². The van der Waals surface area contributed by atoms with Gasteiger partial charge in [-0.25, -0.2) is 8.42 Å². The second kappa shape index (κ2) is 11.1. The highest BCUT2D eigenvalue weighted by molar-refractivity contribution is 7.98. The first kappa shape index (κ1) is 23.0. The van der Waals surface area contributed by atoms with Gasteiger partial charge in [-0.1, -0.05) is 59.6 Å². The van der Waals surface area contributed by atoms with Crippen molar-refractivity contribution < 1.29 is 13.2 Å². The highest BCUT2D eigenvalue weighted by Gasteiger charge is 2.20. The molecule has 0 aromatic heterocycles. The average molecular weight is 461 g/mol. The molecule has 9 heteroatoms. The molecule has 152 valence electrons. The molecule has 0 aliphatic carbocycles. The van der Waals surface area contributed by atoms with Crippen LogP contribution in [-0.4, -0.2) is 43.7 Å². The third-order valence-corrected chi connectivity index (χ3v) is 6.62. The van der Waals surface area contributed by atoms with E-state index >= 15 is 0 Å². The van der Waals surface area contributed by atoms with Crippen molar-refractivity contribution in [3.05, 3.63) is 69.7 Å². The molecule has 0 aliphatic heterocycles. The predicted molar refractivity (Wildman–Crippen MR) is 117 cm³/mol. The Morgan fingerprint density at radius 1 is 1.14 bits per heavy atom. The lowest BCUT2D eigenvalue weighted by atomic mass is 10.2. The molecule has 0 heterocycles. The van der Waals surface area contributed by atoms with Crippen molar-refractivity contribution in [2.45, 2.75) is 12.3 Å². The van der Waals surface area contributed by atoms with E-state index in [0.29, 0.717) is 28.1 Å². The fourth-order valence-corrected chi connectivity index (χ4v) is 4.53. The average Bonchev–Trinajstić information content (AvgIpc) is 2.62. The van der Waals surface area contributed by atoms with Crippen LogP contribution in [0, 0.1) is 0 Å². The van der Waals surface area contributed by atoms with E-state index in [1.54, 1.807) is 23.9 Å². The number of nitrogens with one attached hydrogen (secondary N) is 1. The summed E-state index contributed by atoms with van der Waals surface area (Å²) in [4.78, 5) is 12.2. The van der Waals surface area contributed by atoms with Gasteiger partial charge >= 0.3 is 0 Å². The summed E-state index contributed by atoms with van der Waals surface area (Å²) in [6.45, 7) is 0.399. The summed E-state index contributed by atoms with van der Waals surface area (Å²) in [5.41, 5.74) is 1.81. The molecule has 0 spiro atoms. The normalized spacial score (nSPS) is 11.6. The number of rotatable bonds is 10. The van der Waals surface area contributed by atoms with E-state index < -0.39 is 10.0 Å². The second-order valence-corrected chi connectivity index (χ2v) is 10.1. The monoisotopic (exact) mass is 460 g/mol. The zero-order chi connectivity index (χ0) is 20.6. The maximum absolute atomic E-state index is 12.2. The zero-order valence-electron chi connectivity index (χ0n) is 15.4. The minimum absolute atomic E-state index is 0.164. The minimum atomic E-state index is -3.50. The molecule has 0 fully saturated rings. The van der Waals surface area contributed by atoms with Crippen LogP contribution in [0.1, 0.15) is 11.1 Å². The van der Waals surface area contributed by atoms with Crippen LogP contribution < -0.4 is 5.32 Å². The third-order valence-electron chi connectivity index (χ3n) is 3.83. The van der Waals surface area contributed by atoms with Crippen LogP contribution in [0.3, 0.4) is 0 Å². The molecule has 2 rings (SSSR count). The Morgan fingerprint density at radius 3 is 2.50 bits per heavy atom. The lowest BCUT2D eigenvalue weighted by Crippen LogP contribution is -2.40. The van der Waals surface area contributed by atoms with Gasteiger partial charge in [-0.3, -0.25) is 4.79 Å². The Bertz CT molecular complexity index is 893. The molecular weight excluding hydrogens is 439 g/mol. The Kier molecular flexibility index (Phi) is 9.11. The maximum atomic E-state index is 12.2. The van der Waals surface area contributed by atoms with Gasteiger partial charge in [-0.15, -0.1) is 0 Å². The Labute approximate surface area is 180 Å². The summed E-state index contributed by atoms with van der Waals surface area (Å²) in [6, 6.07) is 14.5. The van der Waals surface area contributed by atoms with Gasteiger partial charge in [0, 0.05) is 34.6 Å². The first-order valence-electron chi connectivity index (χ1n) is 8.53. The predicted octanol–water partition coefficient (Wildman–Crippen LogP) is 3.80. The van der Waals surface area contributed by atoms with Gasteiger partial charge in [0.05, 0.1) is 12.8 Å². The second-order valence-electron chi connectivity index (χ2n) is 6.15.